The number of methoxy groups -OCH3 is 2. The van der Waals surface area contributed by atoms with Crippen molar-refractivity contribution >= 4 is 29.9 Å². The van der Waals surface area contributed by atoms with Gasteiger partial charge in [-0.05, 0) is 49.3 Å². The quantitative estimate of drug-likeness (QED) is 0.235. The molecule has 0 saturated heterocycles. The molecule has 1 aliphatic carbocycles. The molecular weight excluding hydrogens is 445 g/mol. The Morgan fingerprint density at radius 3 is 2.46 bits per heavy atom. The number of hydrogen-bond acceptors (Lipinski definition) is 4. The first-order valence-electron chi connectivity index (χ1n) is 8.89. The van der Waals surface area contributed by atoms with Gasteiger partial charge in [-0.2, -0.15) is 0 Å². The van der Waals surface area contributed by atoms with E-state index in [-0.39, 0.29) is 24.0 Å². The van der Waals surface area contributed by atoms with E-state index in [9.17, 15) is 0 Å². The summed E-state index contributed by atoms with van der Waals surface area (Å²) in [6.07, 6.45) is 3.64. The maximum Gasteiger partial charge on any atom is 0.191 e. The first kappa shape index (κ1) is 22.8. The third-order valence-electron chi connectivity index (χ3n) is 4.70. The van der Waals surface area contributed by atoms with Gasteiger partial charge < -0.3 is 24.8 Å². The molecule has 0 radical (unpaired) electrons. The fourth-order valence-electron chi connectivity index (χ4n) is 2.79. The summed E-state index contributed by atoms with van der Waals surface area (Å²) in [5.74, 6) is 2.29. The van der Waals surface area contributed by atoms with Gasteiger partial charge in [-0.25, -0.2) is 0 Å². The van der Waals surface area contributed by atoms with Gasteiger partial charge in [0.25, 0.3) is 0 Å². The molecule has 7 heteroatoms. The van der Waals surface area contributed by atoms with Crippen LogP contribution in [0, 0.1) is 5.41 Å². The predicted octanol–water partition coefficient (Wildman–Crippen LogP) is 3.19. The molecule has 1 aromatic rings. The second-order valence-electron chi connectivity index (χ2n) is 6.42. The molecule has 0 bridgehead atoms. The van der Waals surface area contributed by atoms with Gasteiger partial charge in [-0.3, -0.25) is 4.99 Å². The molecule has 0 amide bonds. The normalized spacial score (nSPS) is 15.0. The molecule has 2 N–H and O–H groups in total. The summed E-state index contributed by atoms with van der Waals surface area (Å²) in [5, 5.41) is 6.80. The average Bonchev–Trinajstić information content (AvgIpc) is 3.42. The fraction of sp³-hybridized carbons (Fsp3) is 0.632. The molecule has 1 saturated carbocycles. The summed E-state index contributed by atoms with van der Waals surface area (Å²) in [6, 6.07) is 5.91. The Kier molecular flexibility index (Phi) is 10.1. The van der Waals surface area contributed by atoms with Gasteiger partial charge in [0.05, 0.1) is 14.2 Å². The zero-order valence-electron chi connectivity index (χ0n) is 16.3. The molecule has 1 fully saturated rings. The zero-order valence-corrected chi connectivity index (χ0v) is 18.6. The summed E-state index contributed by atoms with van der Waals surface area (Å²) < 4.78 is 16.1. The van der Waals surface area contributed by atoms with Crippen LogP contribution in [0.5, 0.6) is 11.5 Å². The third-order valence-corrected chi connectivity index (χ3v) is 4.70. The number of nitrogens with zero attached hydrogens (tertiary/aromatic N) is 1. The van der Waals surface area contributed by atoms with Crippen LogP contribution in [0.4, 0.5) is 0 Å². The molecule has 0 aliphatic heterocycles. The number of ether oxygens (including phenoxy) is 3. The van der Waals surface area contributed by atoms with E-state index >= 15 is 0 Å². The molecule has 148 valence electrons. The lowest BCUT2D eigenvalue weighted by molar-refractivity contribution is 0.128. The topological polar surface area (TPSA) is 64.1 Å². The van der Waals surface area contributed by atoms with Crippen molar-refractivity contribution in [2.45, 2.75) is 32.7 Å². The first-order chi connectivity index (χ1) is 12.2. The summed E-state index contributed by atoms with van der Waals surface area (Å²) in [5.41, 5.74) is 1.49. The van der Waals surface area contributed by atoms with Crippen molar-refractivity contribution in [3.05, 3.63) is 23.8 Å². The van der Waals surface area contributed by atoms with Crippen molar-refractivity contribution < 1.29 is 14.2 Å². The second-order valence-corrected chi connectivity index (χ2v) is 6.42. The Morgan fingerprint density at radius 2 is 1.88 bits per heavy atom. The number of guanidine groups is 1. The number of nitrogens with one attached hydrogen (secondary N) is 2. The summed E-state index contributed by atoms with van der Waals surface area (Å²) in [6.45, 7) is 5.28. The highest BCUT2D eigenvalue weighted by atomic mass is 127. The van der Waals surface area contributed by atoms with E-state index < -0.39 is 0 Å². The van der Waals surface area contributed by atoms with Crippen LogP contribution in [-0.2, 0) is 11.3 Å². The van der Waals surface area contributed by atoms with Gasteiger partial charge in [0, 0.05) is 33.4 Å². The van der Waals surface area contributed by atoms with Gasteiger partial charge in [0.2, 0.25) is 0 Å². The van der Waals surface area contributed by atoms with Gasteiger partial charge in [-0.1, -0.05) is 6.07 Å². The lowest BCUT2D eigenvalue weighted by atomic mass is 10.0. The smallest absolute Gasteiger partial charge is 0.191 e. The van der Waals surface area contributed by atoms with Gasteiger partial charge >= 0.3 is 0 Å². The summed E-state index contributed by atoms with van der Waals surface area (Å²) in [4.78, 5) is 4.31. The van der Waals surface area contributed by atoms with Crippen molar-refractivity contribution in [1.82, 2.24) is 10.6 Å². The maximum absolute atomic E-state index is 5.49. The SMILES string of the molecule is CCOCCC1(CNC(=NC)NCc2ccc(OC)c(OC)c2)CC1.I. The Hall–Kier alpha value is -1.22. The standard InChI is InChI=1S/C19H31N3O3.HI/c1-5-25-11-10-19(8-9-19)14-22-18(20-2)21-13-15-6-7-16(23-3)17(12-15)24-4;/h6-7,12H,5,8-11,13-14H2,1-4H3,(H2,20,21,22);1H. The third kappa shape index (κ3) is 6.83. The van der Waals surface area contributed by atoms with Crippen LogP contribution >= 0.6 is 24.0 Å². The Bertz CT molecular complexity index is 577. The molecule has 2 rings (SSSR count). The number of hydrogen-bond donors (Lipinski definition) is 2. The Balaban J connectivity index is 0.00000338. The van der Waals surface area contributed by atoms with Crippen molar-refractivity contribution in [2.75, 3.05) is 41.0 Å². The lowest BCUT2D eigenvalue weighted by Gasteiger charge is -2.18. The van der Waals surface area contributed by atoms with Crippen molar-refractivity contribution in [3.63, 3.8) is 0 Å². The van der Waals surface area contributed by atoms with E-state index in [1.54, 1.807) is 21.3 Å². The largest absolute Gasteiger partial charge is 0.493 e. The lowest BCUT2D eigenvalue weighted by Crippen LogP contribution is -2.40. The van der Waals surface area contributed by atoms with Gasteiger partial charge in [0.1, 0.15) is 0 Å². The molecule has 1 aromatic carbocycles. The first-order valence-corrected chi connectivity index (χ1v) is 8.89. The molecule has 0 atom stereocenters. The minimum atomic E-state index is 0. The second kappa shape index (κ2) is 11.5. The zero-order chi connectivity index (χ0) is 18.1. The number of benzene rings is 1. The molecule has 1 aliphatic rings. The average molecular weight is 477 g/mol. The summed E-state index contributed by atoms with van der Waals surface area (Å²) >= 11 is 0. The molecule has 0 heterocycles. The van der Waals surface area contributed by atoms with E-state index in [0.717, 1.165) is 49.2 Å². The van der Waals surface area contributed by atoms with Crippen molar-refractivity contribution in [2.24, 2.45) is 10.4 Å². The van der Waals surface area contributed by atoms with Crippen LogP contribution < -0.4 is 20.1 Å². The monoisotopic (exact) mass is 477 g/mol. The van der Waals surface area contributed by atoms with Crippen LogP contribution in [0.1, 0.15) is 31.7 Å². The molecule has 6 nitrogen and oxygen atoms in total. The van der Waals surface area contributed by atoms with Crippen LogP contribution in [0.3, 0.4) is 0 Å². The van der Waals surface area contributed by atoms with E-state index in [4.69, 9.17) is 14.2 Å². The molecule has 26 heavy (non-hydrogen) atoms. The molecule has 0 spiro atoms. The number of halogens is 1. The maximum atomic E-state index is 5.49. The van der Waals surface area contributed by atoms with Gasteiger partial charge in [-0.15, -0.1) is 24.0 Å². The minimum Gasteiger partial charge on any atom is -0.493 e. The highest BCUT2D eigenvalue weighted by molar-refractivity contribution is 14.0. The Morgan fingerprint density at radius 1 is 1.15 bits per heavy atom. The molecule has 0 aromatic heterocycles. The predicted molar refractivity (Wildman–Crippen MR) is 116 cm³/mol. The van der Waals surface area contributed by atoms with Crippen molar-refractivity contribution in [1.29, 1.82) is 0 Å². The minimum absolute atomic E-state index is 0. The van der Waals surface area contributed by atoms with E-state index in [0.29, 0.717) is 12.0 Å². The van der Waals surface area contributed by atoms with Crippen molar-refractivity contribution in [3.8, 4) is 11.5 Å². The van der Waals surface area contributed by atoms with E-state index in [2.05, 4.69) is 15.6 Å². The molecule has 0 unspecified atom stereocenters. The van der Waals surface area contributed by atoms with Gasteiger partial charge in [0.15, 0.2) is 17.5 Å². The highest BCUT2D eigenvalue weighted by Gasteiger charge is 2.41. The number of rotatable bonds is 10. The van der Waals surface area contributed by atoms with Crippen LogP contribution in [0.15, 0.2) is 23.2 Å². The Labute approximate surface area is 174 Å². The molecular formula is C19H32IN3O3. The van der Waals surface area contributed by atoms with E-state index in [1.807, 2.05) is 25.1 Å². The number of aliphatic imine (C=N–C) groups is 1. The highest BCUT2D eigenvalue weighted by Crippen LogP contribution is 2.48. The van der Waals surface area contributed by atoms with Crippen LogP contribution in [-0.4, -0.2) is 47.0 Å². The van der Waals surface area contributed by atoms with Crippen LogP contribution in [0.25, 0.3) is 0 Å². The summed E-state index contributed by atoms with van der Waals surface area (Å²) in [7, 11) is 5.08. The fourth-order valence-corrected chi connectivity index (χ4v) is 2.79. The van der Waals surface area contributed by atoms with E-state index in [1.165, 1.54) is 12.8 Å². The van der Waals surface area contributed by atoms with Crippen LogP contribution in [0.2, 0.25) is 0 Å².